The van der Waals surface area contributed by atoms with Gasteiger partial charge in [0.15, 0.2) is 0 Å². The summed E-state index contributed by atoms with van der Waals surface area (Å²) in [5.41, 5.74) is 1.38. The number of aromatic nitrogens is 2. The first kappa shape index (κ1) is 19.7. The zero-order chi connectivity index (χ0) is 19.8. The third-order valence-corrected chi connectivity index (χ3v) is 4.16. The Morgan fingerprint density at radius 2 is 1.86 bits per heavy atom. The molecule has 1 saturated heterocycles. The maximum Gasteiger partial charge on any atom is 0.275 e. The van der Waals surface area contributed by atoms with Crippen LogP contribution in [0.5, 0.6) is 0 Å². The van der Waals surface area contributed by atoms with Crippen molar-refractivity contribution in [2.24, 2.45) is 0 Å². The van der Waals surface area contributed by atoms with Crippen molar-refractivity contribution < 1.29 is 14.3 Å². The summed E-state index contributed by atoms with van der Waals surface area (Å²) in [4.78, 5) is 34.2. The molecule has 0 spiro atoms. The first-order valence-electron chi connectivity index (χ1n) is 9.15. The molecule has 0 radical (unpaired) electrons. The molecule has 1 aromatic heterocycles. The molecule has 2 heterocycles. The van der Waals surface area contributed by atoms with Crippen molar-refractivity contribution in [2.45, 2.75) is 6.92 Å². The van der Waals surface area contributed by atoms with Crippen LogP contribution in [0.4, 0.5) is 17.2 Å². The zero-order valence-electron chi connectivity index (χ0n) is 15.8. The van der Waals surface area contributed by atoms with Gasteiger partial charge in [-0.15, -0.1) is 0 Å². The molecular formula is C19H24N6O3. The Bertz CT molecular complexity index is 806. The highest BCUT2D eigenvalue weighted by Gasteiger charge is 2.11. The second-order valence-electron chi connectivity index (χ2n) is 6.38. The molecule has 0 saturated carbocycles. The number of benzene rings is 1. The van der Waals surface area contributed by atoms with Crippen molar-refractivity contribution in [2.75, 3.05) is 55.3 Å². The Balaban J connectivity index is 1.50. The smallest absolute Gasteiger partial charge is 0.275 e. The van der Waals surface area contributed by atoms with Gasteiger partial charge in [0.1, 0.15) is 11.5 Å². The number of carbonyl (C=O) groups excluding carboxylic acids is 2. The van der Waals surface area contributed by atoms with E-state index in [1.807, 2.05) is 0 Å². The summed E-state index contributed by atoms with van der Waals surface area (Å²) < 4.78 is 5.33. The maximum atomic E-state index is 12.3. The fourth-order valence-corrected chi connectivity index (χ4v) is 2.78. The Hall–Kier alpha value is -3.04. The van der Waals surface area contributed by atoms with Crippen LogP contribution < -0.4 is 16.0 Å². The standard InChI is InChI=1S/C19H24N6O3/c1-14(26)23-15-3-2-4-16(11-15)24-19(27)17-12-22-18(13-21-17)20-5-6-25-7-9-28-10-8-25/h2-4,11-13H,5-10H2,1H3,(H,20,22)(H,23,26)(H,24,27). The molecule has 1 aliphatic rings. The van der Waals surface area contributed by atoms with E-state index in [1.165, 1.54) is 13.1 Å². The molecule has 9 heteroatoms. The highest BCUT2D eigenvalue weighted by molar-refractivity contribution is 6.03. The van der Waals surface area contributed by atoms with Crippen LogP contribution in [0.25, 0.3) is 0 Å². The number of hydrogen-bond donors (Lipinski definition) is 3. The molecule has 3 rings (SSSR count). The molecule has 0 atom stereocenters. The van der Waals surface area contributed by atoms with Crippen molar-refractivity contribution in [3.05, 3.63) is 42.4 Å². The van der Waals surface area contributed by atoms with Crippen LogP contribution >= 0.6 is 0 Å². The number of amides is 2. The summed E-state index contributed by atoms with van der Waals surface area (Å²) in [6, 6.07) is 6.90. The van der Waals surface area contributed by atoms with Gasteiger partial charge in [-0.3, -0.25) is 14.5 Å². The maximum absolute atomic E-state index is 12.3. The van der Waals surface area contributed by atoms with Gasteiger partial charge in [-0.05, 0) is 18.2 Å². The molecule has 1 fully saturated rings. The second-order valence-corrected chi connectivity index (χ2v) is 6.38. The molecule has 1 aromatic carbocycles. The van der Waals surface area contributed by atoms with Crippen LogP contribution in [-0.2, 0) is 9.53 Å². The van der Waals surface area contributed by atoms with Gasteiger partial charge in [0.2, 0.25) is 5.91 Å². The minimum atomic E-state index is -0.368. The Morgan fingerprint density at radius 3 is 2.54 bits per heavy atom. The van der Waals surface area contributed by atoms with E-state index < -0.39 is 0 Å². The predicted octanol–water partition coefficient (Wildman–Crippen LogP) is 1.43. The average Bonchev–Trinajstić information content (AvgIpc) is 2.69. The molecule has 0 aliphatic carbocycles. The largest absolute Gasteiger partial charge is 0.379 e. The topological polar surface area (TPSA) is 108 Å². The molecule has 148 valence electrons. The molecule has 0 unspecified atom stereocenters. The molecule has 28 heavy (non-hydrogen) atoms. The van der Waals surface area contributed by atoms with Crippen molar-refractivity contribution in [1.82, 2.24) is 14.9 Å². The lowest BCUT2D eigenvalue weighted by Crippen LogP contribution is -2.39. The summed E-state index contributed by atoms with van der Waals surface area (Å²) in [5.74, 6) is 0.0795. The number of rotatable bonds is 7. The number of ether oxygens (including phenoxy) is 1. The quantitative estimate of drug-likeness (QED) is 0.663. The third kappa shape index (κ3) is 6.00. The van der Waals surface area contributed by atoms with E-state index in [-0.39, 0.29) is 17.5 Å². The summed E-state index contributed by atoms with van der Waals surface area (Å²) in [6.45, 7) is 6.51. The van der Waals surface area contributed by atoms with Gasteiger partial charge < -0.3 is 20.7 Å². The van der Waals surface area contributed by atoms with Gasteiger partial charge in [-0.1, -0.05) is 6.07 Å². The number of anilines is 3. The minimum absolute atomic E-state index is 0.175. The van der Waals surface area contributed by atoms with Gasteiger partial charge in [0, 0.05) is 44.5 Å². The van der Waals surface area contributed by atoms with Gasteiger partial charge in [0.05, 0.1) is 25.6 Å². The fourth-order valence-electron chi connectivity index (χ4n) is 2.78. The van der Waals surface area contributed by atoms with E-state index in [0.29, 0.717) is 17.2 Å². The van der Waals surface area contributed by atoms with Crippen LogP contribution in [0.1, 0.15) is 17.4 Å². The van der Waals surface area contributed by atoms with E-state index in [2.05, 4.69) is 30.8 Å². The van der Waals surface area contributed by atoms with Crippen molar-refractivity contribution in [1.29, 1.82) is 0 Å². The average molecular weight is 384 g/mol. The summed E-state index contributed by atoms with van der Waals surface area (Å²) in [5, 5.41) is 8.62. The van der Waals surface area contributed by atoms with E-state index >= 15 is 0 Å². The number of carbonyl (C=O) groups is 2. The van der Waals surface area contributed by atoms with Crippen LogP contribution in [-0.4, -0.2) is 66.1 Å². The normalized spacial score (nSPS) is 14.3. The molecule has 1 aliphatic heterocycles. The lowest BCUT2D eigenvalue weighted by Gasteiger charge is -2.26. The number of morpholine rings is 1. The lowest BCUT2D eigenvalue weighted by atomic mass is 10.2. The molecule has 0 bridgehead atoms. The van der Waals surface area contributed by atoms with E-state index in [1.54, 1.807) is 30.5 Å². The molecule has 3 N–H and O–H groups in total. The van der Waals surface area contributed by atoms with Gasteiger partial charge >= 0.3 is 0 Å². The molecule has 9 nitrogen and oxygen atoms in total. The molecular weight excluding hydrogens is 360 g/mol. The first-order valence-corrected chi connectivity index (χ1v) is 9.15. The predicted molar refractivity (Wildman–Crippen MR) is 106 cm³/mol. The van der Waals surface area contributed by atoms with Gasteiger partial charge in [0.25, 0.3) is 5.91 Å². The third-order valence-electron chi connectivity index (χ3n) is 4.16. The number of nitrogens with zero attached hydrogens (tertiary/aromatic N) is 3. The zero-order valence-corrected chi connectivity index (χ0v) is 15.8. The Morgan fingerprint density at radius 1 is 1.11 bits per heavy atom. The van der Waals surface area contributed by atoms with Crippen LogP contribution in [0.15, 0.2) is 36.7 Å². The second kappa shape index (κ2) is 9.77. The number of nitrogens with one attached hydrogen (secondary N) is 3. The van der Waals surface area contributed by atoms with E-state index in [4.69, 9.17) is 4.74 Å². The minimum Gasteiger partial charge on any atom is -0.379 e. The van der Waals surface area contributed by atoms with E-state index in [9.17, 15) is 9.59 Å². The highest BCUT2D eigenvalue weighted by atomic mass is 16.5. The van der Waals surface area contributed by atoms with Gasteiger partial charge in [-0.2, -0.15) is 0 Å². The Labute approximate surface area is 163 Å². The summed E-state index contributed by atoms with van der Waals surface area (Å²) in [7, 11) is 0. The first-order chi connectivity index (χ1) is 13.6. The molecule has 2 aromatic rings. The number of hydrogen-bond acceptors (Lipinski definition) is 7. The van der Waals surface area contributed by atoms with E-state index in [0.717, 1.165) is 39.4 Å². The highest BCUT2D eigenvalue weighted by Crippen LogP contribution is 2.16. The Kier molecular flexibility index (Phi) is 6.88. The lowest BCUT2D eigenvalue weighted by molar-refractivity contribution is -0.114. The van der Waals surface area contributed by atoms with Crippen LogP contribution in [0, 0.1) is 0 Å². The fraction of sp³-hybridized carbons (Fsp3) is 0.368. The monoisotopic (exact) mass is 384 g/mol. The molecule has 2 amide bonds. The SMILES string of the molecule is CC(=O)Nc1cccc(NC(=O)c2cnc(NCCN3CCOCC3)cn2)c1. The van der Waals surface area contributed by atoms with Crippen molar-refractivity contribution in [3.8, 4) is 0 Å². The summed E-state index contributed by atoms with van der Waals surface area (Å²) >= 11 is 0. The van der Waals surface area contributed by atoms with Crippen molar-refractivity contribution >= 4 is 29.0 Å². The van der Waals surface area contributed by atoms with Crippen molar-refractivity contribution in [3.63, 3.8) is 0 Å². The van der Waals surface area contributed by atoms with Gasteiger partial charge in [-0.25, -0.2) is 9.97 Å². The van der Waals surface area contributed by atoms with Crippen LogP contribution in [0.2, 0.25) is 0 Å². The van der Waals surface area contributed by atoms with Crippen LogP contribution in [0.3, 0.4) is 0 Å². The summed E-state index contributed by atoms with van der Waals surface area (Å²) in [6.07, 6.45) is 2.98.